The van der Waals surface area contributed by atoms with Crippen LogP contribution in [0.4, 0.5) is 0 Å². The molecule has 13 heavy (non-hydrogen) atoms. The maximum absolute atomic E-state index is 11.2. The maximum Gasteiger partial charge on any atom is 0.234 e. The van der Waals surface area contributed by atoms with Crippen molar-refractivity contribution in [1.82, 2.24) is 10.6 Å². The molecule has 1 amide bonds. The van der Waals surface area contributed by atoms with Crippen molar-refractivity contribution in [2.45, 2.75) is 46.1 Å². The van der Waals surface area contributed by atoms with Crippen LogP contribution in [0.1, 0.15) is 40.5 Å². The van der Waals surface area contributed by atoms with Crippen molar-refractivity contribution >= 4 is 5.91 Å². The zero-order chi connectivity index (χ0) is 10.3. The fourth-order valence-corrected chi connectivity index (χ4v) is 0.966. The van der Waals surface area contributed by atoms with Crippen LogP contribution in [0.3, 0.4) is 0 Å². The Morgan fingerprint density at radius 1 is 1.31 bits per heavy atom. The first-order chi connectivity index (χ1) is 5.95. The first-order valence-corrected chi connectivity index (χ1v) is 4.97. The number of hydrogen-bond acceptors (Lipinski definition) is 2. The van der Waals surface area contributed by atoms with Gasteiger partial charge in [-0.05, 0) is 33.7 Å². The summed E-state index contributed by atoms with van der Waals surface area (Å²) in [6.07, 6.45) is 2.29. The zero-order valence-corrected chi connectivity index (χ0v) is 9.24. The van der Waals surface area contributed by atoms with E-state index < -0.39 is 0 Å². The molecule has 0 aliphatic carbocycles. The molecule has 2 N–H and O–H groups in total. The monoisotopic (exact) mass is 186 g/mol. The van der Waals surface area contributed by atoms with Gasteiger partial charge in [0.15, 0.2) is 0 Å². The van der Waals surface area contributed by atoms with E-state index in [-0.39, 0.29) is 11.4 Å². The van der Waals surface area contributed by atoms with E-state index in [0.717, 1.165) is 19.4 Å². The van der Waals surface area contributed by atoms with E-state index in [4.69, 9.17) is 0 Å². The third-order valence-corrected chi connectivity index (χ3v) is 1.51. The number of amides is 1. The van der Waals surface area contributed by atoms with Gasteiger partial charge in [0.1, 0.15) is 0 Å². The summed E-state index contributed by atoms with van der Waals surface area (Å²) in [7, 11) is 0. The quantitative estimate of drug-likeness (QED) is 0.635. The van der Waals surface area contributed by atoms with E-state index in [1.807, 2.05) is 20.8 Å². The van der Waals surface area contributed by atoms with Gasteiger partial charge in [0.2, 0.25) is 5.91 Å². The topological polar surface area (TPSA) is 41.1 Å². The number of carbonyl (C=O) groups excluding carboxylic acids is 1. The first-order valence-electron chi connectivity index (χ1n) is 4.97. The number of rotatable bonds is 5. The van der Waals surface area contributed by atoms with E-state index in [2.05, 4.69) is 17.6 Å². The third-order valence-electron chi connectivity index (χ3n) is 1.51. The van der Waals surface area contributed by atoms with Crippen LogP contribution in [-0.4, -0.2) is 24.5 Å². The van der Waals surface area contributed by atoms with Crippen LogP contribution in [0, 0.1) is 0 Å². The van der Waals surface area contributed by atoms with E-state index in [9.17, 15) is 4.79 Å². The molecule has 0 aromatic carbocycles. The average molecular weight is 186 g/mol. The highest BCUT2D eigenvalue weighted by Gasteiger charge is 2.12. The fraction of sp³-hybridized carbons (Fsp3) is 0.900. The Labute approximate surface area is 81.3 Å². The Balaban J connectivity index is 3.41. The molecular weight excluding hydrogens is 164 g/mol. The lowest BCUT2D eigenvalue weighted by atomic mass is 10.1. The summed E-state index contributed by atoms with van der Waals surface area (Å²) >= 11 is 0. The summed E-state index contributed by atoms with van der Waals surface area (Å²) in [5.41, 5.74) is -0.122. The molecule has 0 rings (SSSR count). The lowest BCUT2D eigenvalue weighted by molar-refractivity contribution is -0.121. The van der Waals surface area contributed by atoms with Gasteiger partial charge in [-0.1, -0.05) is 13.3 Å². The Morgan fingerprint density at radius 2 is 1.92 bits per heavy atom. The predicted molar refractivity (Wildman–Crippen MR) is 55.7 cm³/mol. The number of unbranched alkanes of at least 4 members (excludes halogenated alkanes) is 1. The molecule has 0 spiro atoms. The largest absolute Gasteiger partial charge is 0.350 e. The Kier molecular flexibility index (Phi) is 5.71. The van der Waals surface area contributed by atoms with E-state index in [1.165, 1.54) is 0 Å². The van der Waals surface area contributed by atoms with Crippen LogP contribution in [-0.2, 0) is 4.79 Å². The Hall–Kier alpha value is -0.570. The second kappa shape index (κ2) is 5.97. The van der Waals surface area contributed by atoms with Crippen molar-refractivity contribution in [2.75, 3.05) is 13.1 Å². The van der Waals surface area contributed by atoms with Crippen molar-refractivity contribution in [3.05, 3.63) is 0 Å². The van der Waals surface area contributed by atoms with Gasteiger partial charge in [-0.3, -0.25) is 4.79 Å². The highest BCUT2D eigenvalue weighted by molar-refractivity contribution is 5.78. The smallest absolute Gasteiger partial charge is 0.234 e. The molecule has 0 aliphatic rings. The fourth-order valence-electron chi connectivity index (χ4n) is 0.966. The Bertz CT molecular complexity index is 149. The molecule has 0 heterocycles. The van der Waals surface area contributed by atoms with Crippen molar-refractivity contribution in [1.29, 1.82) is 0 Å². The molecule has 0 atom stereocenters. The summed E-state index contributed by atoms with van der Waals surface area (Å²) in [5.74, 6) is 0.0728. The lowest BCUT2D eigenvalue weighted by Gasteiger charge is -2.20. The molecule has 0 unspecified atom stereocenters. The van der Waals surface area contributed by atoms with Gasteiger partial charge >= 0.3 is 0 Å². The SMILES string of the molecule is CCCCNCC(=O)NC(C)(C)C. The summed E-state index contributed by atoms with van der Waals surface area (Å²) < 4.78 is 0. The van der Waals surface area contributed by atoms with E-state index >= 15 is 0 Å². The molecule has 0 radical (unpaired) electrons. The van der Waals surface area contributed by atoms with Gasteiger partial charge < -0.3 is 10.6 Å². The second-order valence-electron chi connectivity index (χ2n) is 4.33. The number of hydrogen-bond donors (Lipinski definition) is 2. The van der Waals surface area contributed by atoms with Crippen LogP contribution in [0.15, 0.2) is 0 Å². The van der Waals surface area contributed by atoms with Crippen LogP contribution >= 0.6 is 0 Å². The van der Waals surface area contributed by atoms with Crippen molar-refractivity contribution in [2.24, 2.45) is 0 Å². The summed E-state index contributed by atoms with van der Waals surface area (Å²) in [4.78, 5) is 11.2. The van der Waals surface area contributed by atoms with Crippen LogP contribution < -0.4 is 10.6 Å². The van der Waals surface area contributed by atoms with Crippen molar-refractivity contribution < 1.29 is 4.79 Å². The minimum Gasteiger partial charge on any atom is -0.350 e. The molecule has 0 bridgehead atoms. The van der Waals surface area contributed by atoms with Gasteiger partial charge in [0.25, 0.3) is 0 Å². The van der Waals surface area contributed by atoms with Crippen molar-refractivity contribution in [3.8, 4) is 0 Å². The minimum atomic E-state index is -0.122. The maximum atomic E-state index is 11.2. The van der Waals surface area contributed by atoms with Crippen LogP contribution in [0.5, 0.6) is 0 Å². The van der Waals surface area contributed by atoms with E-state index in [1.54, 1.807) is 0 Å². The third kappa shape index (κ3) is 9.34. The molecule has 3 heteroatoms. The molecule has 78 valence electrons. The minimum absolute atomic E-state index is 0.0728. The van der Waals surface area contributed by atoms with Gasteiger partial charge in [-0.25, -0.2) is 0 Å². The van der Waals surface area contributed by atoms with Crippen molar-refractivity contribution in [3.63, 3.8) is 0 Å². The lowest BCUT2D eigenvalue weighted by Crippen LogP contribution is -2.44. The van der Waals surface area contributed by atoms with Crippen LogP contribution in [0.25, 0.3) is 0 Å². The molecule has 0 saturated heterocycles. The molecule has 0 fully saturated rings. The summed E-state index contributed by atoms with van der Waals surface area (Å²) in [5, 5.41) is 5.99. The standard InChI is InChI=1S/C10H22N2O/c1-5-6-7-11-8-9(13)12-10(2,3)4/h11H,5-8H2,1-4H3,(H,12,13). The molecule has 3 nitrogen and oxygen atoms in total. The first kappa shape index (κ1) is 12.4. The normalized spacial score (nSPS) is 11.4. The second-order valence-corrected chi connectivity index (χ2v) is 4.33. The predicted octanol–water partition coefficient (Wildman–Crippen LogP) is 1.29. The molecule has 0 saturated carbocycles. The zero-order valence-electron chi connectivity index (χ0n) is 9.24. The molecule has 0 aromatic heterocycles. The van der Waals surface area contributed by atoms with Crippen LogP contribution in [0.2, 0.25) is 0 Å². The number of nitrogens with one attached hydrogen (secondary N) is 2. The molecule has 0 aliphatic heterocycles. The summed E-state index contributed by atoms with van der Waals surface area (Å²) in [6.45, 7) is 9.44. The average Bonchev–Trinajstić information content (AvgIpc) is 1.94. The Morgan fingerprint density at radius 3 is 2.38 bits per heavy atom. The summed E-state index contributed by atoms with van der Waals surface area (Å²) in [6, 6.07) is 0. The van der Waals surface area contributed by atoms with Gasteiger partial charge in [-0.2, -0.15) is 0 Å². The van der Waals surface area contributed by atoms with E-state index in [0.29, 0.717) is 6.54 Å². The molecular formula is C10H22N2O. The van der Waals surface area contributed by atoms with Gasteiger partial charge in [0.05, 0.1) is 6.54 Å². The number of carbonyl (C=O) groups is 1. The highest BCUT2D eigenvalue weighted by atomic mass is 16.2. The highest BCUT2D eigenvalue weighted by Crippen LogP contribution is 1.97. The van der Waals surface area contributed by atoms with Gasteiger partial charge in [0, 0.05) is 5.54 Å². The molecule has 0 aromatic rings. The van der Waals surface area contributed by atoms with Gasteiger partial charge in [-0.15, -0.1) is 0 Å².